The van der Waals surface area contributed by atoms with Crippen LogP contribution in [-0.4, -0.2) is 58.4 Å². The zero-order chi connectivity index (χ0) is 10.5. The van der Waals surface area contributed by atoms with Gasteiger partial charge in [0.2, 0.25) is 0 Å². The summed E-state index contributed by atoms with van der Waals surface area (Å²) in [5, 5.41) is 37.9. The number of aliphatic hydroxyl groups is 4. The van der Waals surface area contributed by atoms with Crippen molar-refractivity contribution in [1.82, 2.24) is 0 Å². The third-order valence-electron chi connectivity index (χ3n) is 3.17. The van der Waals surface area contributed by atoms with Gasteiger partial charge >= 0.3 is 0 Å². The highest BCUT2D eigenvalue weighted by molar-refractivity contribution is 5.09. The van der Waals surface area contributed by atoms with Crippen LogP contribution in [0.4, 0.5) is 0 Å². The van der Waals surface area contributed by atoms with Crippen molar-refractivity contribution in [3.63, 3.8) is 0 Å². The van der Waals surface area contributed by atoms with Gasteiger partial charge < -0.3 is 29.9 Å². The largest absolute Gasteiger partial charge is 0.396 e. The van der Waals surface area contributed by atoms with Crippen molar-refractivity contribution in [2.24, 2.45) is 11.8 Å². The van der Waals surface area contributed by atoms with Gasteiger partial charge in [-0.25, -0.2) is 0 Å². The zero-order valence-corrected chi connectivity index (χ0v) is 7.70. The van der Waals surface area contributed by atoms with E-state index in [4.69, 9.17) is 14.6 Å². The smallest absolute Gasteiger partial charge is 0.186 e. The molecule has 1 saturated heterocycles. The van der Waals surface area contributed by atoms with E-state index in [1.807, 2.05) is 0 Å². The fourth-order valence-corrected chi connectivity index (χ4v) is 2.33. The van der Waals surface area contributed by atoms with Crippen molar-refractivity contribution in [1.29, 1.82) is 0 Å². The van der Waals surface area contributed by atoms with E-state index in [2.05, 4.69) is 0 Å². The number of methoxy groups -OCH3 is 1. The fourth-order valence-electron chi connectivity index (χ4n) is 2.33. The van der Waals surface area contributed by atoms with Crippen LogP contribution in [0.2, 0.25) is 0 Å². The molecular weight excluding hydrogens is 192 g/mol. The van der Waals surface area contributed by atoms with Crippen molar-refractivity contribution in [2.75, 3.05) is 13.7 Å². The summed E-state index contributed by atoms with van der Waals surface area (Å²) in [5.74, 6) is -3.23. The minimum Gasteiger partial charge on any atom is -0.396 e. The molecule has 6 nitrogen and oxygen atoms in total. The highest BCUT2D eigenvalue weighted by atomic mass is 16.8. The maximum atomic E-state index is 9.87. The Kier molecular flexibility index (Phi) is 2.30. The lowest BCUT2D eigenvalue weighted by molar-refractivity contribution is -0.434. The molecule has 14 heavy (non-hydrogen) atoms. The lowest BCUT2D eigenvalue weighted by Gasteiger charge is -2.48. The summed E-state index contributed by atoms with van der Waals surface area (Å²) < 4.78 is 9.84. The van der Waals surface area contributed by atoms with Crippen molar-refractivity contribution in [2.45, 2.75) is 24.3 Å². The molecule has 6 heteroatoms. The quantitative estimate of drug-likeness (QED) is 0.403. The van der Waals surface area contributed by atoms with Crippen molar-refractivity contribution >= 4 is 0 Å². The van der Waals surface area contributed by atoms with Gasteiger partial charge in [0.05, 0.1) is 30.7 Å². The first-order valence-corrected chi connectivity index (χ1v) is 4.46. The summed E-state index contributed by atoms with van der Waals surface area (Å²) in [7, 11) is 1.38. The van der Waals surface area contributed by atoms with Gasteiger partial charge in [-0.05, 0) is 0 Å². The molecule has 0 radical (unpaired) electrons. The lowest BCUT2D eigenvalue weighted by Crippen LogP contribution is -2.63. The molecule has 6 atom stereocenters. The Balaban J connectivity index is 2.22. The van der Waals surface area contributed by atoms with Gasteiger partial charge in [-0.2, -0.15) is 0 Å². The molecule has 0 aromatic heterocycles. The van der Waals surface area contributed by atoms with E-state index >= 15 is 0 Å². The average molecular weight is 206 g/mol. The summed E-state index contributed by atoms with van der Waals surface area (Å²) in [6.07, 6.45) is -3.04. The van der Waals surface area contributed by atoms with Gasteiger partial charge in [0.15, 0.2) is 12.1 Å². The van der Waals surface area contributed by atoms with E-state index in [0.717, 1.165) is 0 Å². The minimum absolute atomic E-state index is 0.443. The van der Waals surface area contributed by atoms with E-state index in [1.165, 1.54) is 7.11 Å². The molecule has 0 spiro atoms. The maximum absolute atomic E-state index is 9.87. The number of rotatable bonds is 2. The zero-order valence-electron chi connectivity index (χ0n) is 7.70. The molecule has 2 fully saturated rings. The van der Waals surface area contributed by atoms with Gasteiger partial charge in [-0.1, -0.05) is 0 Å². The van der Waals surface area contributed by atoms with Crippen LogP contribution in [0.5, 0.6) is 0 Å². The molecule has 4 N–H and O–H groups in total. The van der Waals surface area contributed by atoms with Crippen LogP contribution in [0, 0.1) is 11.8 Å². The molecule has 2 aliphatic rings. The van der Waals surface area contributed by atoms with Crippen LogP contribution < -0.4 is 0 Å². The summed E-state index contributed by atoms with van der Waals surface area (Å²) in [6, 6.07) is 0. The van der Waals surface area contributed by atoms with Gasteiger partial charge in [0.25, 0.3) is 0 Å². The first-order valence-electron chi connectivity index (χ1n) is 4.46. The van der Waals surface area contributed by atoms with Gasteiger partial charge in [0, 0.05) is 7.11 Å². The average Bonchev–Trinajstić information content (AvgIpc) is 2.26. The third-order valence-corrected chi connectivity index (χ3v) is 3.17. The van der Waals surface area contributed by atoms with Gasteiger partial charge in [-0.3, -0.25) is 0 Å². The van der Waals surface area contributed by atoms with Crippen molar-refractivity contribution in [3.8, 4) is 0 Å². The van der Waals surface area contributed by atoms with E-state index in [9.17, 15) is 15.3 Å². The fraction of sp³-hybridized carbons (Fsp3) is 1.00. The molecule has 0 amide bonds. The van der Waals surface area contributed by atoms with Crippen LogP contribution in [0.1, 0.15) is 0 Å². The minimum atomic E-state index is -1.66. The Morgan fingerprint density at radius 3 is 2.50 bits per heavy atom. The second-order valence-electron chi connectivity index (χ2n) is 3.77. The molecule has 4 unspecified atom stereocenters. The second kappa shape index (κ2) is 3.13. The molecule has 0 aromatic carbocycles. The predicted octanol–water partition coefficient (Wildman–Crippen LogP) is -2.36. The van der Waals surface area contributed by atoms with Crippen molar-refractivity contribution < 1.29 is 29.9 Å². The third kappa shape index (κ3) is 1.01. The van der Waals surface area contributed by atoms with Crippen LogP contribution in [0.15, 0.2) is 0 Å². The van der Waals surface area contributed by atoms with Crippen LogP contribution in [-0.2, 0) is 9.47 Å². The van der Waals surface area contributed by atoms with Crippen LogP contribution in [0.3, 0.4) is 0 Å². The summed E-state index contributed by atoms with van der Waals surface area (Å²) in [6.45, 7) is -0.443. The Hall–Kier alpha value is -0.240. The lowest BCUT2D eigenvalue weighted by atomic mass is 9.89. The molecule has 0 aromatic rings. The molecular formula is C8H14O6. The number of fused-ring (bicyclic) bond motifs is 1. The topological polar surface area (TPSA) is 99.4 Å². The first-order chi connectivity index (χ1) is 6.56. The number of hydrogen-bond donors (Lipinski definition) is 4. The van der Waals surface area contributed by atoms with E-state index < -0.39 is 42.7 Å². The van der Waals surface area contributed by atoms with E-state index in [1.54, 1.807) is 0 Å². The highest BCUT2D eigenvalue weighted by Gasteiger charge is 2.70. The maximum Gasteiger partial charge on any atom is 0.186 e. The summed E-state index contributed by atoms with van der Waals surface area (Å²) >= 11 is 0. The molecule has 1 heterocycles. The van der Waals surface area contributed by atoms with Crippen molar-refractivity contribution in [3.05, 3.63) is 0 Å². The number of aliphatic hydroxyl groups excluding tert-OH is 3. The Labute approximate surface area is 80.7 Å². The molecule has 0 bridgehead atoms. The number of ether oxygens (including phenoxy) is 2. The van der Waals surface area contributed by atoms with E-state index in [0.29, 0.717) is 0 Å². The Morgan fingerprint density at radius 2 is 2.00 bits per heavy atom. The van der Waals surface area contributed by atoms with Crippen LogP contribution >= 0.6 is 0 Å². The molecule has 2 rings (SSSR count). The van der Waals surface area contributed by atoms with Gasteiger partial charge in [-0.15, -0.1) is 0 Å². The van der Waals surface area contributed by atoms with E-state index in [-0.39, 0.29) is 0 Å². The summed E-state index contributed by atoms with van der Waals surface area (Å²) in [5.41, 5.74) is 0. The normalized spacial score (nSPS) is 56.8. The highest BCUT2D eigenvalue weighted by Crippen LogP contribution is 2.52. The monoisotopic (exact) mass is 206 g/mol. The Bertz CT molecular complexity index is 234. The van der Waals surface area contributed by atoms with Crippen LogP contribution in [0.25, 0.3) is 0 Å². The molecule has 82 valence electrons. The molecule has 1 saturated carbocycles. The standard InChI is InChI=1S/C8H14O6/c1-13-7-4-6(11)5(10)3(2-9)8(4,12)14-7/h3-7,9-12H,2H2,1H3/t3?,4?,5-,6?,7+,8?/m1/s1. The summed E-state index contributed by atoms with van der Waals surface area (Å²) in [4.78, 5) is 0. The SMILES string of the molecule is CO[C@H]1OC2(O)C1C(O)[C@H](O)C2CO. The first kappa shape index (κ1) is 10.3. The van der Waals surface area contributed by atoms with Gasteiger partial charge in [0.1, 0.15) is 0 Å². The molecule has 1 aliphatic heterocycles. The Morgan fingerprint density at radius 1 is 1.36 bits per heavy atom. The predicted molar refractivity (Wildman–Crippen MR) is 42.9 cm³/mol. The second-order valence-corrected chi connectivity index (χ2v) is 3.77. The number of hydrogen-bond acceptors (Lipinski definition) is 6. The molecule has 1 aliphatic carbocycles.